The van der Waals surface area contributed by atoms with E-state index in [9.17, 15) is 17.8 Å². The Morgan fingerprint density at radius 3 is 2.20 bits per heavy atom. The molecule has 2 rings (SSSR count). The summed E-state index contributed by atoms with van der Waals surface area (Å²) in [6.07, 6.45) is 0. The highest BCUT2D eigenvalue weighted by atomic mass is 32.2. The van der Waals surface area contributed by atoms with E-state index in [-0.39, 0.29) is 27.7 Å². The van der Waals surface area contributed by atoms with Gasteiger partial charge in [0.1, 0.15) is 4.90 Å². The van der Waals surface area contributed by atoms with Crippen LogP contribution in [0, 0.1) is 0 Å². The lowest BCUT2D eigenvalue weighted by Gasteiger charge is -2.24. The molecule has 1 aromatic carbocycles. The smallest absolute Gasteiger partial charge is 0.292 e. The van der Waals surface area contributed by atoms with E-state index in [0.29, 0.717) is 0 Å². The first-order chi connectivity index (χ1) is 9.38. The van der Waals surface area contributed by atoms with Gasteiger partial charge in [0.05, 0.1) is 18.8 Å². The van der Waals surface area contributed by atoms with Gasteiger partial charge in [0.2, 0.25) is 0 Å². The molecule has 1 amide bonds. The Kier molecular flexibility index (Phi) is 4.02. The lowest BCUT2D eigenvalue weighted by atomic mass is 10.2. The molecule has 0 aliphatic carbocycles. The largest absolute Gasteiger partial charge is 0.451 e. The van der Waals surface area contributed by atoms with E-state index >= 15 is 0 Å². The van der Waals surface area contributed by atoms with Crippen LogP contribution in [0.15, 0.2) is 29.2 Å². The molecule has 0 spiro atoms. The van der Waals surface area contributed by atoms with Crippen molar-refractivity contribution >= 4 is 23.7 Å². The van der Waals surface area contributed by atoms with Crippen LogP contribution in [0.1, 0.15) is 24.2 Å². The molecular weight excluding hydrogens is 305 g/mol. The average molecular weight is 319 g/mol. The van der Waals surface area contributed by atoms with Crippen LogP contribution in [0.25, 0.3) is 0 Å². The van der Waals surface area contributed by atoms with Crippen molar-refractivity contribution in [3.8, 4) is 0 Å². The van der Waals surface area contributed by atoms with Gasteiger partial charge < -0.3 is 0 Å². The van der Waals surface area contributed by atoms with E-state index < -0.39 is 23.7 Å². The van der Waals surface area contributed by atoms with Crippen LogP contribution in [0.2, 0.25) is 0 Å². The summed E-state index contributed by atoms with van der Waals surface area (Å²) in [6.45, 7) is 2.97. The Hall–Kier alpha value is -1.21. The highest BCUT2D eigenvalue weighted by Gasteiger charge is 2.53. The summed E-state index contributed by atoms with van der Waals surface area (Å²) in [5, 5.41) is 0. The summed E-state index contributed by atoms with van der Waals surface area (Å²) in [4.78, 5) is 12.0. The minimum atomic E-state index is -4.23. The standard InChI is InChI=1S/C11H14NO6PS/c1-3-17-19(14,18-4-2)12-11(13)9-7-5-6-8-10(9)20(12,15)16/h5-8H,3-4H2,1-2H3. The van der Waals surface area contributed by atoms with Crippen molar-refractivity contribution in [1.29, 1.82) is 0 Å². The fourth-order valence-corrected chi connectivity index (χ4v) is 5.94. The lowest BCUT2D eigenvalue weighted by Crippen LogP contribution is -2.29. The van der Waals surface area contributed by atoms with E-state index in [1.54, 1.807) is 0 Å². The van der Waals surface area contributed by atoms with Crippen molar-refractivity contribution in [2.45, 2.75) is 18.7 Å². The minimum Gasteiger partial charge on any atom is -0.292 e. The van der Waals surface area contributed by atoms with Crippen molar-refractivity contribution in [3.05, 3.63) is 29.8 Å². The molecule has 1 aromatic rings. The molecule has 0 saturated carbocycles. The second-order valence-electron chi connectivity index (χ2n) is 3.85. The molecule has 0 saturated heterocycles. The number of carbonyl (C=O) groups is 1. The van der Waals surface area contributed by atoms with Crippen LogP contribution >= 0.6 is 7.75 Å². The number of rotatable bonds is 5. The summed E-state index contributed by atoms with van der Waals surface area (Å²) >= 11 is 0. The quantitative estimate of drug-likeness (QED) is 0.771. The zero-order valence-corrected chi connectivity index (χ0v) is 12.7. The normalized spacial score (nSPS) is 17.3. The Labute approximate surface area is 117 Å². The van der Waals surface area contributed by atoms with Crippen LogP contribution in [0.5, 0.6) is 0 Å². The zero-order chi connectivity index (χ0) is 15.0. The van der Waals surface area contributed by atoms with Gasteiger partial charge in [-0.2, -0.15) is 0 Å². The van der Waals surface area contributed by atoms with Crippen LogP contribution in [-0.2, 0) is 23.6 Å². The van der Waals surface area contributed by atoms with E-state index in [1.165, 1.54) is 38.1 Å². The maximum atomic E-state index is 12.6. The third-order valence-corrected chi connectivity index (χ3v) is 7.18. The van der Waals surface area contributed by atoms with Gasteiger partial charge in [-0.15, -0.1) is 4.08 Å². The summed E-state index contributed by atoms with van der Waals surface area (Å²) in [6, 6.07) is 5.66. The van der Waals surface area contributed by atoms with Gasteiger partial charge in [0, 0.05) is 0 Å². The van der Waals surface area contributed by atoms with E-state index in [1.807, 2.05) is 0 Å². The Balaban J connectivity index is 2.60. The first kappa shape index (κ1) is 15.2. The molecule has 1 aliphatic heterocycles. The number of hydrogen-bond acceptors (Lipinski definition) is 6. The van der Waals surface area contributed by atoms with Gasteiger partial charge in [0.15, 0.2) is 0 Å². The number of benzene rings is 1. The molecule has 0 atom stereocenters. The van der Waals surface area contributed by atoms with Crippen molar-refractivity contribution < 1.29 is 26.8 Å². The molecule has 1 heterocycles. The van der Waals surface area contributed by atoms with Crippen LogP contribution in [-0.4, -0.2) is 31.6 Å². The molecule has 0 unspecified atom stereocenters. The van der Waals surface area contributed by atoms with Crippen LogP contribution < -0.4 is 0 Å². The van der Waals surface area contributed by atoms with E-state index in [4.69, 9.17) is 9.05 Å². The minimum absolute atomic E-state index is 0.0351. The van der Waals surface area contributed by atoms with Crippen molar-refractivity contribution in [2.24, 2.45) is 0 Å². The van der Waals surface area contributed by atoms with Gasteiger partial charge >= 0.3 is 7.75 Å². The summed E-state index contributed by atoms with van der Waals surface area (Å²) in [5.41, 5.74) is -0.0351. The molecule has 0 bridgehead atoms. The van der Waals surface area contributed by atoms with Crippen molar-refractivity contribution in [3.63, 3.8) is 0 Å². The van der Waals surface area contributed by atoms with Crippen molar-refractivity contribution in [2.75, 3.05) is 13.2 Å². The first-order valence-corrected chi connectivity index (χ1v) is 8.90. The number of hydrogen-bond donors (Lipinski definition) is 0. The van der Waals surface area contributed by atoms with E-state index in [2.05, 4.69) is 0 Å². The van der Waals surface area contributed by atoms with E-state index in [0.717, 1.165) is 0 Å². The maximum absolute atomic E-state index is 12.6. The molecular formula is C11H14NO6PS. The molecule has 20 heavy (non-hydrogen) atoms. The van der Waals surface area contributed by atoms with Gasteiger partial charge in [-0.05, 0) is 26.0 Å². The highest BCUT2D eigenvalue weighted by molar-refractivity contribution is 7.95. The van der Waals surface area contributed by atoms with Gasteiger partial charge in [-0.3, -0.25) is 13.8 Å². The zero-order valence-electron chi connectivity index (χ0n) is 11.0. The monoisotopic (exact) mass is 319 g/mol. The molecule has 110 valence electrons. The predicted molar refractivity (Wildman–Crippen MR) is 70.7 cm³/mol. The molecule has 0 N–H and O–H groups in total. The number of nitrogens with zero attached hydrogens (tertiary/aromatic N) is 1. The highest BCUT2D eigenvalue weighted by Crippen LogP contribution is 2.57. The molecule has 0 fully saturated rings. The first-order valence-electron chi connectivity index (χ1n) is 5.96. The lowest BCUT2D eigenvalue weighted by molar-refractivity contribution is 0.0886. The number of carbonyl (C=O) groups excluding carboxylic acids is 1. The fourth-order valence-electron chi connectivity index (χ4n) is 1.88. The van der Waals surface area contributed by atoms with Crippen LogP contribution in [0.3, 0.4) is 0 Å². The third kappa shape index (κ3) is 2.18. The number of fused-ring (bicyclic) bond motifs is 1. The van der Waals surface area contributed by atoms with Gasteiger partial charge in [-0.25, -0.2) is 13.0 Å². The summed E-state index contributed by atoms with van der Waals surface area (Å²) < 4.78 is 47.5. The number of sulfonamides is 1. The molecule has 1 aliphatic rings. The molecule has 0 radical (unpaired) electrons. The molecule has 0 aromatic heterocycles. The van der Waals surface area contributed by atoms with Crippen LogP contribution in [0.4, 0.5) is 0 Å². The average Bonchev–Trinajstić information content (AvgIpc) is 2.59. The SMILES string of the molecule is CCOP(=O)(OCC)N1C(=O)c2ccccc2S1(=O)=O. The maximum Gasteiger partial charge on any atom is 0.451 e. The molecule has 9 heteroatoms. The summed E-state index contributed by atoms with van der Waals surface area (Å²) in [5.74, 6) is -0.897. The van der Waals surface area contributed by atoms with Gasteiger partial charge in [-0.1, -0.05) is 12.1 Å². The Morgan fingerprint density at radius 1 is 1.15 bits per heavy atom. The Morgan fingerprint density at radius 2 is 1.70 bits per heavy atom. The predicted octanol–water partition coefficient (Wildman–Crippen LogP) is 2.01. The second-order valence-corrected chi connectivity index (χ2v) is 7.73. The number of amides is 1. The topological polar surface area (TPSA) is 90.0 Å². The van der Waals surface area contributed by atoms with Crippen molar-refractivity contribution in [1.82, 2.24) is 4.08 Å². The third-order valence-electron chi connectivity index (χ3n) is 2.60. The second kappa shape index (κ2) is 5.29. The molecule has 7 nitrogen and oxygen atoms in total. The summed E-state index contributed by atoms with van der Waals surface area (Å²) in [7, 11) is -8.46. The van der Waals surface area contributed by atoms with Gasteiger partial charge in [0.25, 0.3) is 15.9 Å². The fraction of sp³-hybridized carbons (Fsp3) is 0.364. The Bertz CT molecular complexity index is 676.